The molecule has 1 heterocycles. The third kappa shape index (κ3) is 3.59. The standard InChI is InChI=1S/C23H27NSi/c1-17(2)22-15-23(24-16-18(22)3)19-10-9-13-21(14-19)25(4,5)20-11-7-6-8-12-20/h6-17H,1-5H3. The smallest absolute Gasteiger partial charge is 0.112 e. The molecular formula is C23H27NSi. The summed E-state index contributed by atoms with van der Waals surface area (Å²) >= 11 is 0. The summed E-state index contributed by atoms with van der Waals surface area (Å²) in [6.45, 7) is 11.5. The van der Waals surface area contributed by atoms with Crippen LogP contribution in [0, 0.1) is 6.92 Å². The topological polar surface area (TPSA) is 12.9 Å². The van der Waals surface area contributed by atoms with Gasteiger partial charge < -0.3 is 0 Å². The first-order chi connectivity index (χ1) is 11.9. The van der Waals surface area contributed by atoms with Crippen LogP contribution in [-0.2, 0) is 0 Å². The summed E-state index contributed by atoms with van der Waals surface area (Å²) in [6, 6.07) is 22.2. The number of benzene rings is 2. The van der Waals surface area contributed by atoms with E-state index in [1.807, 2.05) is 6.20 Å². The fourth-order valence-corrected chi connectivity index (χ4v) is 5.80. The predicted octanol–water partition coefficient (Wildman–Crippen LogP) is 5.00. The normalized spacial score (nSPS) is 11.8. The summed E-state index contributed by atoms with van der Waals surface area (Å²) in [4.78, 5) is 4.70. The Bertz CT molecular complexity index is 866. The molecule has 1 aromatic heterocycles. The SMILES string of the molecule is Cc1cnc(-c2cccc([Si](C)(C)c3ccccc3)c2)cc1C(C)C. The summed E-state index contributed by atoms with van der Waals surface area (Å²) in [5.74, 6) is 0.514. The van der Waals surface area contributed by atoms with E-state index >= 15 is 0 Å². The third-order valence-electron chi connectivity index (χ3n) is 5.14. The molecule has 1 nitrogen and oxygen atoms in total. The van der Waals surface area contributed by atoms with Gasteiger partial charge in [-0.3, -0.25) is 4.98 Å². The fraction of sp³-hybridized carbons (Fsp3) is 0.261. The zero-order chi connectivity index (χ0) is 18.0. The highest BCUT2D eigenvalue weighted by Gasteiger charge is 2.26. The van der Waals surface area contributed by atoms with Crippen molar-refractivity contribution in [3.05, 3.63) is 78.0 Å². The number of rotatable bonds is 4. The Morgan fingerprint density at radius 2 is 1.52 bits per heavy atom. The molecule has 0 atom stereocenters. The molecular weight excluding hydrogens is 318 g/mol. The molecule has 25 heavy (non-hydrogen) atoms. The lowest BCUT2D eigenvalue weighted by molar-refractivity contribution is 0.852. The zero-order valence-electron chi connectivity index (χ0n) is 15.9. The van der Waals surface area contributed by atoms with Crippen LogP contribution in [0.4, 0.5) is 0 Å². The van der Waals surface area contributed by atoms with Crippen molar-refractivity contribution in [2.75, 3.05) is 0 Å². The average molecular weight is 346 g/mol. The van der Waals surface area contributed by atoms with Gasteiger partial charge in [-0.1, -0.05) is 91.9 Å². The molecule has 0 unspecified atom stereocenters. The maximum atomic E-state index is 4.70. The van der Waals surface area contributed by atoms with E-state index in [1.54, 1.807) is 0 Å². The largest absolute Gasteiger partial charge is 0.256 e. The molecule has 128 valence electrons. The highest BCUT2D eigenvalue weighted by molar-refractivity contribution is 7.00. The number of hydrogen-bond donors (Lipinski definition) is 0. The van der Waals surface area contributed by atoms with Crippen LogP contribution in [0.2, 0.25) is 13.1 Å². The van der Waals surface area contributed by atoms with Crippen molar-refractivity contribution in [3.8, 4) is 11.3 Å². The highest BCUT2D eigenvalue weighted by atomic mass is 28.3. The zero-order valence-corrected chi connectivity index (χ0v) is 16.9. The molecule has 0 N–H and O–H groups in total. The molecule has 0 amide bonds. The van der Waals surface area contributed by atoms with Crippen LogP contribution in [0.1, 0.15) is 30.9 Å². The molecule has 3 rings (SSSR count). The van der Waals surface area contributed by atoms with Gasteiger partial charge in [0, 0.05) is 11.8 Å². The molecule has 2 aromatic carbocycles. The van der Waals surface area contributed by atoms with E-state index in [-0.39, 0.29) is 0 Å². The average Bonchev–Trinajstić information content (AvgIpc) is 2.62. The molecule has 0 saturated heterocycles. The summed E-state index contributed by atoms with van der Waals surface area (Å²) in [5, 5.41) is 2.91. The molecule has 0 aliphatic rings. The molecule has 3 aromatic rings. The molecule has 2 heteroatoms. The quantitative estimate of drug-likeness (QED) is 0.606. The summed E-state index contributed by atoms with van der Waals surface area (Å²) < 4.78 is 0. The summed E-state index contributed by atoms with van der Waals surface area (Å²) in [5.41, 5.74) is 4.95. The van der Waals surface area contributed by atoms with E-state index in [9.17, 15) is 0 Å². The van der Waals surface area contributed by atoms with Gasteiger partial charge in [-0.2, -0.15) is 0 Å². The lowest BCUT2D eigenvalue weighted by Crippen LogP contribution is -2.52. The van der Waals surface area contributed by atoms with Crippen LogP contribution in [0.15, 0.2) is 66.9 Å². The second kappa shape index (κ2) is 6.97. The molecule has 0 saturated carbocycles. The van der Waals surface area contributed by atoms with Crippen LogP contribution in [0.3, 0.4) is 0 Å². The van der Waals surface area contributed by atoms with E-state index in [4.69, 9.17) is 4.98 Å². The first kappa shape index (κ1) is 17.6. The van der Waals surface area contributed by atoms with E-state index < -0.39 is 8.07 Å². The number of aromatic nitrogens is 1. The number of aryl methyl sites for hydroxylation is 1. The second-order valence-corrected chi connectivity index (χ2v) is 12.1. The maximum absolute atomic E-state index is 4.70. The Balaban J connectivity index is 2.04. The van der Waals surface area contributed by atoms with Gasteiger partial charge in [0.15, 0.2) is 0 Å². The Kier molecular flexibility index (Phi) is 4.91. The van der Waals surface area contributed by atoms with Gasteiger partial charge in [-0.05, 0) is 30.0 Å². The Morgan fingerprint density at radius 3 is 2.20 bits per heavy atom. The minimum Gasteiger partial charge on any atom is -0.256 e. The van der Waals surface area contributed by atoms with E-state index in [1.165, 1.54) is 27.1 Å². The van der Waals surface area contributed by atoms with Crippen molar-refractivity contribution in [3.63, 3.8) is 0 Å². The third-order valence-corrected chi connectivity index (χ3v) is 8.67. The van der Waals surface area contributed by atoms with Crippen molar-refractivity contribution in [2.45, 2.75) is 39.8 Å². The van der Waals surface area contributed by atoms with Gasteiger partial charge in [-0.25, -0.2) is 0 Å². The van der Waals surface area contributed by atoms with Crippen molar-refractivity contribution in [2.24, 2.45) is 0 Å². The van der Waals surface area contributed by atoms with Crippen LogP contribution >= 0.6 is 0 Å². The van der Waals surface area contributed by atoms with Crippen LogP contribution in [0.25, 0.3) is 11.3 Å². The Labute approximate surface area is 152 Å². The van der Waals surface area contributed by atoms with Crippen molar-refractivity contribution in [1.82, 2.24) is 4.98 Å². The minimum absolute atomic E-state index is 0.514. The van der Waals surface area contributed by atoms with E-state index in [2.05, 4.69) is 94.5 Å². The van der Waals surface area contributed by atoms with Crippen molar-refractivity contribution < 1.29 is 0 Å². The van der Waals surface area contributed by atoms with Crippen LogP contribution < -0.4 is 10.4 Å². The first-order valence-electron chi connectivity index (χ1n) is 9.02. The molecule has 0 radical (unpaired) electrons. The number of pyridine rings is 1. The van der Waals surface area contributed by atoms with Crippen LogP contribution in [-0.4, -0.2) is 13.1 Å². The lowest BCUT2D eigenvalue weighted by atomic mass is 9.97. The highest BCUT2D eigenvalue weighted by Crippen LogP contribution is 2.24. The molecule has 0 aliphatic carbocycles. The predicted molar refractivity (Wildman–Crippen MR) is 112 cm³/mol. The van der Waals surface area contributed by atoms with E-state index in [0.717, 1.165) is 5.69 Å². The van der Waals surface area contributed by atoms with Gasteiger partial charge in [0.2, 0.25) is 0 Å². The molecule has 0 fully saturated rings. The Morgan fingerprint density at radius 1 is 0.840 bits per heavy atom. The van der Waals surface area contributed by atoms with Gasteiger partial charge in [0.1, 0.15) is 8.07 Å². The van der Waals surface area contributed by atoms with Gasteiger partial charge in [-0.15, -0.1) is 0 Å². The summed E-state index contributed by atoms with van der Waals surface area (Å²) in [7, 11) is -1.69. The fourth-order valence-electron chi connectivity index (χ4n) is 3.41. The Hall–Kier alpha value is -2.19. The molecule has 0 bridgehead atoms. The van der Waals surface area contributed by atoms with Crippen LogP contribution in [0.5, 0.6) is 0 Å². The second-order valence-electron chi connectivity index (χ2n) is 7.65. The minimum atomic E-state index is -1.69. The van der Waals surface area contributed by atoms with Gasteiger partial charge in [0.05, 0.1) is 5.69 Å². The molecule has 0 aliphatic heterocycles. The lowest BCUT2D eigenvalue weighted by Gasteiger charge is -2.24. The van der Waals surface area contributed by atoms with Gasteiger partial charge >= 0.3 is 0 Å². The number of nitrogens with zero attached hydrogens (tertiary/aromatic N) is 1. The number of hydrogen-bond acceptors (Lipinski definition) is 1. The first-order valence-corrected chi connectivity index (χ1v) is 12.0. The monoisotopic (exact) mass is 345 g/mol. The molecule has 0 spiro atoms. The van der Waals surface area contributed by atoms with Crippen molar-refractivity contribution in [1.29, 1.82) is 0 Å². The van der Waals surface area contributed by atoms with E-state index in [0.29, 0.717) is 5.92 Å². The summed E-state index contributed by atoms with van der Waals surface area (Å²) in [6.07, 6.45) is 2.01. The van der Waals surface area contributed by atoms with Crippen molar-refractivity contribution >= 4 is 18.4 Å². The van der Waals surface area contributed by atoms with Gasteiger partial charge in [0.25, 0.3) is 0 Å². The maximum Gasteiger partial charge on any atom is 0.112 e.